The van der Waals surface area contributed by atoms with Gasteiger partial charge in [-0.15, -0.1) is 11.3 Å². The van der Waals surface area contributed by atoms with Crippen LogP contribution in [0.2, 0.25) is 0 Å². The number of rotatable bonds is 5. The third-order valence-corrected chi connectivity index (χ3v) is 5.74. The number of nitrogens with zero attached hydrogens (tertiary/aromatic N) is 1. The molecule has 1 saturated heterocycles. The number of ether oxygens (including phenoxy) is 2. The second-order valence-corrected chi connectivity index (χ2v) is 7.32. The number of para-hydroxylation sites is 1. The van der Waals surface area contributed by atoms with Gasteiger partial charge < -0.3 is 14.8 Å². The largest absolute Gasteiger partial charge is 0.480 e. The van der Waals surface area contributed by atoms with E-state index in [1.807, 2.05) is 24.3 Å². The molecule has 3 heterocycles. The lowest BCUT2D eigenvalue weighted by Gasteiger charge is -2.34. The molecule has 2 aromatic rings. The van der Waals surface area contributed by atoms with Crippen molar-refractivity contribution in [2.45, 2.75) is 18.6 Å². The highest BCUT2D eigenvalue weighted by molar-refractivity contribution is 7.10. The minimum absolute atomic E-state index is 0.0361. The van der Waals surface area contributed by atoms with E-state index in [9.17, 15) is 4.79 Å². The topological polar surface area (TPSA) is 50.8 Å². The fraction of sp³-hybridized carbons (Fsp3) is 0.421. The fourth-order valence-corrected chi connectivity index (χ4v) is 4.28. The van der Waals surface area contributed by atoms with Crippen LogP contribution in [0, 0.1) is 0 Å². The van der Waals surface area contributed by atoms with Gasteiger partial charge in [-0.2, -0.15) is 0 Å². The summed E-state index contributed by atoms with van der Waals surface area (Å²) in [6.07, 6.45) is 0.217. The summed E-state index contributed by atoms with van der Waals surface area (Å²) in [5.74, 6) is 0.789. The zero-order valence-electron chi connectivity index (χ0n) is 14.0. The maximum atomic E-state index is 12.6. The number of morpholine rings is 1. The van der Waals surface area contributed by atoms with E-state index in [4.69, 9.17) is 9.47 Å². The van der Waals surface area contributed by atoms with Crippen molar-refractivity contribution in [1.29, 1.82) is 0 Å². The van der Waals surface area contributed by atoms with Crippen molar-refractivity contribution in [1.82, 2.24) is 10.2 Å². The van der Waals surface area contributed by atoms with Crippen LogP contribution in [0.25, 0.3) is 0 Å². The highest BCUT2D eigenvalue weighted by Crippen LogP contribution is 2.29. The van der Waals surface area contributed by atoms with Gasteiger partial charge in [-0.25, -0.2) is 0 Å². The highest BCUT2D eigenvalue weighted by Gasteiger charge is 2.30. The molecule has 132 valence electrons. The van der Waals surface area contributed by atoms with Crippen molar-refractivity contribution in [3.8, 4) is 5.75 Å². The van der Waals surface area contributed by atoms with Gasteiger partial charge in [0.2, 0.25) is 0 Å². The molecule has 2 aliphatic heterocycles. The van der Waals surface area contributed by atoms with E-state index < -0.39 is 6.10 Å². The fourth-order valence-electron chi connectivity index (χ4n) is 3.42. The van der Waals surface area contributed by atoms with Gasteiger partial charge in [-0.3, -0.25) is 9.69 Å². The Morgan fingerprint density at radius 3 is 2.84 bits per heavy atom. The average Bonchev–Trinajstić information content (AvgIpc) is 3.32. The monoisotopic (exact) mass is 358 g/mol. The van der Waals surface area contributed by atoms with Crippen LogP contribution in [-0.4, -0.2) is 49.8 Å². The lowest BCUT2D eigenvalue weighted by atomic mass is 10.1. The molecular weight excluding hydrogens is 336 g/mol. The van der Waals surface area contributed by atoms with Gasteiger partial charge in [0, 0.05) is 30.9 Å². The summed E-state index contributed by atoms with van der Waals surface area (Å²) in [6.45, 7) is 3.87. The Morgan fingerprint density at radius 1 is 1.24 bits per heavy atom. The number of hydrogen-bond acceptors (Lipinski definition) is 5. The first kappa shape index (κ1) is 16.6. The smallest absolute Gasteiger partial charge is 0.261 e. The third-order valence-electron chi connectivity index (χ3n) is 4.77. The number of carbonyl (C=O) groups excluding carboxylic acids is 1. The van der Waals surface area contributed by atoms with Crippen LogP contribution < -0.4 is 10.1 Å². The van der Waals surface area contributed by atoms with E-state index in [-0.39, 0.29) is 11.9 Å². The summed E-state index contributed by atoms with van der Waals surface area (Å²) in [5, 5.41) is 5.19. The SMILES string of the molecule is O=C(NC[C@H](c1cccs1)N1CCOCC1)[C@@H]1Cc2ccccc2O1. The first-order valence-electron chi connectivity index (χ1n) is 8.69. The number of amides is 1. The molecule has 0 spiro atoms. The summed E-state index contributed by atoms with van der Waals surface area (Å²) in [4.78, 5) is 16.3. The Balaban J connectivity index is 1.39. The van der Waals surface area contributed by atoms with E-state index in [2.05, 4.69) is 27.7 Å². The second-order valence-electron chi connectivity index (χ2n) is 6.34. The molecule has 4 rings (SSSR count). The van der Waals surface area contributed by atoms with Crippen LogP contribution in [0.3, 0.4) is 0 Å². The summed E-state index contributed by atoms with van der Waals surface area (Å²) in [7, 11) is 0. The number of thiophene rings is 1. The van der Waals surface area contributed by atoms with E-state index >= 15 is 0 Å². The molecule has 6 heteroatoms. The molecule has 1 aromatic carbocycles. The molecule has 0 bridgehead atoms. The molecule has 25 heavy (non-hydrogen) atoms. The van der Waals surface area contributed by atoms with E-state index in [0.717, 1.165) is 37.6 Å². The minimum Gasteiger partial charge on any atom is -0.480 e. The molecule has 1 N–H and O–H groups in total. The molecule has 0 aliphatic carbocycles. The number of fused-ring (bicyclic) bond motifs is 1. The van der Waals surface area contributed by atoms with E-state index in [0.29, 0.717) is 13.0 Å². The van der Waals surface area contributed by atoms with Crippen molar-refractivity contribution in [3.05, 3.63) is 52.2 Å². The van der Waals surface area contributed by atoms with Crippen molar-refractivity contribution in [2.75, 3.05) is 32.8 Å². The van der Waals surface area contributed by atoms with Crippen LogP contribution >= 0.6 is 11.3 Å². The predicted octanol–water partition coefficient (Wildman–Crippen LogP) is 2.24. The molecule has 0 radical (unpaired) electrons. The van der Waals surface area contributed by atoms with Gasteiger partial charge in [-0.05, 0) is 23.1 Å². The molecular formula is C19H22N2O3S. The summed E-state index contributed by atoms with van der Waals surface area (Å²) in [5.41, 5.74) is 1.10. The zero-order valence-corrected chi connectivity index (χ0v) is 14.8. The number of hydrogen-bond donors (Lipinski definition) is 1. The molecule has 2 atom stereocenters. The quantitative estimate of drug-likeness (QED) is 0.891. The van der Waals surface area contributed by atoms with Gasteiger partial charge in [-0.1, -0.05) is 24.3 Å². The first-order valence-corrected chi connectivity index (χ1v) is 9.57. The summed E-state index contributed by atoms with van der Waals surface area (Å²) < 4.78 is 11.3. The number of nitrogens with one attached hydrogen (secondary N) is 1. The summed E-state index contributed by atoms with van der Waals surface area (Å²) >= 11 is 1.73. The van der Waals surface area contributed by atoms with Crippen LogP contribution in [0.5, 0.6) is 5.75 Å². The number of carbonyl (C=O) groups is 1. The third kappa shape index (κ3) is 3.71. The van der Waals surface area contributed by atoms with Crippen LogP contribution in [-0.2, 0) is 16.0 Å². The zero-order chi connectivity index (χ0) is 17.1. The molecule has 5 nitrogen and oxygen atoms in total. The van der Waals surface area contributed by atoms with Gasteiger partial charge >= 0.3 is 0 Å². The van der Waals surface area contributed by atoms with Crippen LogP contribution in [0.15, 0.2) is 41.8 Å². The van der Waals surface area contributed by atoms with Crippen molar-refractivity contribution in [2.24, 2.45) is 0 Å². The number of benzene rings is 1. The molecule has 1 amide bonds. The van der Waals surface area contributed by atoms with Crippen molar-refractivity contribution < 1.29 is 14.3 Å². The van der Waals surface area contributed by atoms with Gasteiger partial charge in [0.15, 0.2) is 6.10 Å². The molecule has 0 saturated carbocycles. The molecule has 1 fully saturated rings. The van der Waals surface area contributed by atoms with Gasteiger partial charge in [0.1, 0.15) is 5.75 Å². The van der Waals surface area contributed by atoms with Gasteiger partial charge in [0.25, 0.3) is 5.91 Å². The highest BCUT2D eigenvalue weighted by atomic mass is 32.1. The predicted molar refractivity (Wildman–Crippen MR) is 97.0 cm³/mol. The maximum absolute atomic E-state index is 12.6. The Bertz CT molecular complexity index is 688. The van der Waals surface area contributed by atoms with Crippen LogP contribution in [0.4, 0.5) is 0 Å². The maximum Gasteiger partial charge on any atom is 0.261 e. The first-order chi connectivity index (χ1) is 12.3. The Morgan fingerprint density at radius 2 is 2.08 bits per heavy atom. The Hall–Kier alpha value is -1.89. The van der Waals surface area contributed by atoms with E-state index in [1.54, 1.807) is 11.3 Å². The van der Waals surface area contributed by atoms with Crippen molar-refractivity contribution in [3.63, 3.8) is 0 Å². The Kier molecular flexibility index (Phi) is 5.01. The minimum atomic E-state index is -0.425. The second kappa shape index (κ2) is 7.56. The summed E-state index contributed by atoms with van der Waals surface area (Å²) in [6, 6.07) is 12.2. The van der Waals surface area contributed by atoms with Crippen molar-refractivity contribution >= 4 is 17.2 Å². The molecule has 1 aromatic heterocycles. The standard InChI is InChI=1S/C19H22N2O3S/c22-19(17-12-14-4-1-2-5-16(14)24-17)20-13-15(18-6-3-11-25-18)21-7-9-23-10-8-21/h1-6,11,15,17H,7-10,12-13H2,(H,20,22)/t15-,17+/m1/s1. The molecule has 2 aliphatic rings. The lowest BCUT2D eigenvalue weighted by molar-refractivity contribution is -0.127. The lowest BCUT2D eigenvalue weighted by Crippen LogP contribution is -2.46. The molecule has 0 unspecified atom stereocenters. The van der Waals surface area contributed by atoms with Gasteiger partial charge in [0.05, 0.1) is 19.3 Å². The van der Waals surface area contributed by atoms with E-state index in [1.165, 1.54) is 4.88 Å². The normalized spacial score (nSPS) is 21.4. The average molecular weight is 358 g/mol. The Labute approximate surface area is 151 Å². The van der Waals surface area contributed by atoms with Crippen LogP contribution in [0.1, 0.15) is 16.5 Å².